The van der Waals surface area contributed by atoms with E-state index in [9.17, 15) is 8.78 Å². The summed E-state index contributed by atoms with van der Waals surface area (Å²) >= 11 is 0. The molecule has 0 saturated carbocycles. The first-order valence-electron chi connectivity index (χ1n) is 12.4. The lowest BCUT2D eigenvalue weighted by Crippen LogP contribution is -2.24. The van der Waals surface area contributed by atoms with E-state index in [-0.39, 0.29) is 13.0 Å². The molecule has 1 fully saturated rings. The molecular weight excluding hydrogens is 470 g/mol. The zero-order valence-corrected chi connectivity index (χ0v) is 20.0. The van der Waals surface area contributed by atoms with E-state index in [1.807, 2.05) is 18.2 Å². The van der Waals surface area contributed by atoms with Crippen LogP contribution in [0.15, 0.2) is 73.1 Å². The average Bonchev–Trinajstić information content (AvgIpc) is 3.69. The number of hydrogen-bond donors (Lipinski definition) is 2. The maximum absolute atomic E-state index is 13.6. The van der Waals surface area contributed by atoms with Crippen molar-refractivity contribution in [3.05, 3.63) is 84.2 Å². The summed E-state index contributed by atoms with van der Waals surface area (Å²) in [6, 6.07) is 14.3. The maximum Gasteiger partial charge on any atom is 0.261 e. The van der Waals surface area contributed by atoms with Gasteiger partial charge in [0.1, 0.15) is 11.2 Å². The van der Waals surface area contributed by atoms with Gasteiger partial charge in [0.2, 0.25) is 0 Å². The van der Waals surface area contributed by atoms with Crippen molar-refractivity contribution in [2.75, 3.05) is 13.1 Å². The summed E-state index contributed by atoms with van der Waals surface area (Å²) in [6.45, 7) is 0.623. The van der Waals surface area contributed by atoms with Gasteiger partial charge in [-0.15, -0.1) is 0 Å². The lowest BCUT2D eigenvalue weighted by Gasteiger charge is -2.15. The summed E-state index contributed by atoms with van der Waals surface area (Å²) < 4.78 is 27.2. The first kappa shape index (κ1) is 22.1. The van der Waals surface area contributed by atoms with Gasteiger partial charge in [-0.1, -0.05) is 30.4 Å². The zero-order valence-electron chi connectivity index (χ0n) is 20.0. The number of likely N-dealkylation sites (tertiary alicyclic amines) is 1. The monoisotopic (exact) mass is 494 g/mol. The number of halogens is 2. The average molecular weight is 495 g/mol. The van der Waals surface area contributed by atoms with Crippen molar-refractivity contribution in [2.24, 2.45) is 0 Å². The predicted octanol–water partition coefficient (Wildman–Crippen LogP) is 6.35. The molecule has 0 spiro atoms. The first-order chi connectivity index (χ1) is 18.0. The van der Waals surface area contributed by atoms with Crippen LogP contribution in [-0.2, 0) is 6.54 Å². The second-order valence-electron chi connectivity index (χ2n) is 9.81. The molecule has 0 unspecified atom stereocenters. The zero-order chi connectivity index (χ0) is 25.0. The maximum atomic E-state index is 13.6. The third-order valence-electron chi connectivity index (χ3n) is 7.15. The van der Waals surface area contributed by atoms with Gasteiger partial charge >= 0.3 is 0 Å². The van der Waals surface area contributed by atoms with Crippen LogP contribution in [0.3, 0.4) is 0 Å². The molecule has 1 aliphatic heterocycles. The molecule has 0 atom stereocenters. The second-order valence-corrected chi connectivity index (χ2v) is 9.81. The minimum absolute atomic E-state index is 0.0921. The number of rotatable bonds is 5. The normalized spacial score (nSPS) is 17.3. The Hall–Kier alpha value is -4.17. The number of aromatic nitrogens is 5. The molecule has 5 heterocycles. The Morgan fingerprint density at radius 3 is 2.84 bits per heavy atom. The van der Waals surface area contributed by atoms with E-state index >= 15 is 0 Å². The van der Waals surface area contributed by atoms with E-state index in [0.29, 0.717) is 13.1 Å². The number of nitrogens with one attached hydrogen (secondary N) is 2. The number of nitrogens with zero attached hydrogens (tertiary/aromatic N) is 4. The number of benzene rings is 1. The molecular formula is C29H24F2N6. The summed E-state index contributed by atoms with van der Waals surface area (Å²) in [4.78, 5) is 14.6. The molecule has 0 amide bonds. The van der Waals surface area contributed by atoms with Crippen molar-refractivity contribution in [1.82, 2.24) is 30.0 Å². The van der Waals surface area contributed by atoms with Gasteiger partial charge in [-0.05, 0) is 53.5 Å². The first-order valence-corrected chi connectivity index (χ1v) is 12.4. The van der Waals surface area contributed by atoms with Gasteiger partial charge in [0.05, 0.1) is 23.4 Å². The van der Waals surface area contributed by atoms with Crippen LogP contribution in [0.5, 0.6) is 0 Å². The molecule has 184 valence electrons. The number of fused-ring (bicyclic) bond motifs is 2. The van der Waals surface area contributed by atoms with Crippen LogP contribution in [-0.4, -0.2) is 49.1 Å². The van der Waals surface area contributed by atoms with Crippen LogP contribution in [0.1, 0.15) is 24.0 Å². The number of aromatic amines is 2. The van der Waals surface area contributed by atoms with Gasteiger partial charge in [-0.2, -0.15) is 5.10 Å². The molecule has 1 aliphatic carbocycles. The number of pyridine rings is 2. The van der Waals surface area contributed by atoms with E-state index in [1.54, 1.807) is 17.3 Å². The Kier molecular flexibility index (Phi) is 5.04. The topological polar surface area (TPSA) is 73.5 Å². The molecule has 37 heavy (non-hydrogen) atoms. The number of alkyl halides is 2. The largest absolute Gasteiger partial charge is 0.353 e. The Morgan fingerprint density at radius 2 is 2.00 bits per heavy atom. The Morgan fingerprint density at radius 1 is 1.05 bits per heavy atom. The molecule has 1 aromatic carbocycles. The number of hydrogen-bond acceptors (Lipinski definition) is 4. The van der Waals surface area contributed by atoms with Crippen LogP contribution in [0.2, 0.25) is 0 Å². The summed E-state index contributed by atoms with van der Waals surface area (Å²) in [5.41, 5.74) is 9.20. The van der Waals surface area contributed by atoms with Crippen molar-refractivity contribution in [2.45, 2.75) is 25.3 Å². The Bertz CT molecular complexity index is 1710. The van der Waals surface area contributed by atoms with Crippen molar-refractivity contribution in [3.8, 4) is 22.6 Å². The molecule has 2 aliphatic rings. The molecule has 4 aromatic heterocycles. The van der Waals surface area contributed by atoms with E-state index < -0.39 is 5.92 Å². The highest BCUT2D eigenvalue weighted by atomic mass is 19.3. The lowest BCUT2D eigenvalue weighted by molar-refractivity contribution is 0.0115. The minimum atomic E-state index is -2.61. The fourth-order valence-electron chi connectivity index (χ4n) is 5.35. The molecule has 8 heteroatoms. The SMILES string of the molecule is FC1(F)CCN(Cc2cncc(-c3ccc4[nH]nc(-c5cc6c(C7=CCC=C7)cccc6[nH]5)c4n3)c2)C1. The summed E-state index contributed by atoms with van der Waals surface area (Å²) in [7, 11) is 0. The quantitative estimate of drug-likeness (QED) is 0.299. The summed E-state index contributed by atoms with van der Waals surface area (Å²) in [5, 5.41) is 8.83. The minimum Gasteiger partial charge on any atom is -0.353 e. The van der Waals surface area contributed by atoms with E-state index in [2.05, 4.69) is 62.7 Å². The predicted molar refractivity (Wildman–Crippen MR) is 141 cm³/mol. The molecule has 0 radical (unpaired) electrons. The highest BCUT2D eigenvalue weighted by molar-refractivity contribution is 6.00. The van der Waals surface area contributed by atoms with Crippen LogP contribution in [0.25, 0.3) is 50.2 Å². The van der Waals surface area contributed by atoms with Crippen LogP contribution >= 0.6 is 0 Å². The smallest absolute Gasteiger partial charge is 0.261 e. The molecule has 0 bridgehead atoms. The van der Waals surface area contributed by atoms with Crippen molar-refractivity contribution in [1.29, 1.82) is 0 Å². The van der Waals surface area contributed by atoms with Gasteiger partial charge in [-0.3, -0.25) is 15.0 Å². The van der Waals surface area contributed by atoms with Crippen molar-refractivity contribution < 1.29 is 8.78 Å². The fourth-order valence-corrected chi connectivity index (χ4v) is 5.35. The highest BCUT2D eigenvalue weighted by Gasteiger charge is 2.37. The van der Waals surface area contributed by atoms with Crippen molar-refractivity contribution in [3.63, 3.8) is 0 Å². The third kappa shape index (κ3) is 4.03. The molecule has 5 aromatic rings. The molecule has 2 N–H and O–H groups in total. The number of H-pyrrole nitrogens is 2. The number of allylic oxidation sites excluding steroid dienone is 4. The van der Waals surface area contributed by atoms with E-state index in [4.69, 9.17) is 4.98 Å². The van der Waals surface area contributed by atoms with Crippen LogP contribution < -0.4 is 0 Å². The van der Waals surface area contributed by atoms with Gasteiger partial charge in [-0.25, -0.2) is 13.8 Å². The van der Waals surface area contributed by atoms with E-state index in [0.717, 1.165) is 56.6 Å². The third-order valence-corrected chi connectivity index (χ3v) is 7.15. The molecule has 7 rings (SSSR count). The second kappa shape index (κ2) is 8.45. The van der Waals surface area contributed by atoms with Gasteiger partial charge in [0.25, 0.3) is 5.92 Å². The molecule has 6 nitrogen and oxygen atoms in total. The van der Waals surface area contributed by atoms with E-state index in [1.165, 1.54) is 11.1 Å². The lowest BCUT2D eigenvalue weighted by atomic mass is 10.0. The Labute approximate surface area is 211 Å². The molecule has 1 saturated heterocycles. The van der Waals surface area contributed by atoms with Gasteiger partial charge in [0.15, 0.2) is 0 Å². The van der Waals surface area contributed by atoms with Crippen molar-refractivity contribution >= 4 is 27.5 Å². The van der Waals surface area contributed by atoms with Gasteiger partial charge < -0.3 is 4.98 Å². The Balaban J connectivity index is 1.24. The highest BCUT2D eigenvalue weighted by Crippen LogP contribution is 2.34. The van der Waals surface area contributed by atoms with Crippen LogP contribution in [0, 0.1) is 0 Å². The summed E-state index contributed by atoms with van der Waals surface area (Å²) in [6.07, 6.45) is 10.9. The van der Waals surface area contributed by atoms with Crippen LogP contribution in [0.4, 0.5) is 8.78 Å². The standard InChI is InChI=1S/C29H24F2N6/c30-29(31)10-11-37(17-29)16-18-12-20(15-32-14-18)23-8-9-25-27(34-23)28(36-35-25)26-13-22-21(19-4-1-2-5-19)6-3-7-24(22)33-26/h1,3-9,12-15,33H,2,10-11,16-17H2,(H,35,36). The van der Waals surface area contributed by atoms with Gasteiger partial charge in [0, 0.05) is 48.4 Å². The fraction of sp³-hybridized carbons (Fsp3) is 0.207. The summed E-state index contributed by atoms with van der Waals surface area (Å²) in [5.74, 6) is -2.61.